The first-order valence-corrected chi connectivity index (χ1v) is 7.83. The number of nitrogens with zero attached hydrogens (tertiary/aromatic N) is 1. The van der Waals surface area contributed by atoms with Crippen molar-refractivity contribution in [2.75, 3.05) is 5.75 Å². The molecule has 0 aliphatic rings. The van der Waals surface area contributed by atoms with Gasteiger partial charge in [-0.15, -0.1) is 0 Å². The molecule has 1 heterocycles. The van der Waals surface area contributed by atoms with Gasteiger partial charge in [0.15, 0.2) is 5.16 Å². The average Bonchev–Trinajstić information content (AvgIpc) is 2.78. The van der Waals surface area contributed by atoms with Crippen LogP contribution in [0.5, 0.6) is 0 Å². The molecule has 0 aliphatic carbocycles. The molecule has 0 radical (unpaired) electrons. The summed E-state index contributed by atoms with van der Waals surface area (Å²) >= 11 is 1.44. The molecule has 5 heteroatoms. The second kappa shape index (κ2) is 6.31. The molecule has 2 rings (SSSR count). The first kappa shape index (κ1) is 14.9. The predicted octanol–water partition coefficient (Wildman–Crippen LogP) is 3.12. The number of aromatic nitrogens is 2. The number of aromatic amines is 1. The Morgan fingerprint density at radius 1 is 1.40 bits per heavy atom. The van der Waals surface area contributed by atoms with Crippen LogP contribution < -0.4 is 5.32 Å². The van der Waals surface area contributed by atoms with Crippen LogP contribution in [0.4, 0.5) is 0 Å². The smallest absolute Gasteiger partial charge is 0.230 e. The van der Waals surface area contributed by atoms with Gasteiger partial charge in [-0.05, 0) is 37.5 Å². The van der Waals surface area contributed by atoms with E-state index in [0.29, 0.717) is 11.7 Å². The van der Waals surface area contributed by atoms with Crippen molar-refractivity contribution in [2.24, 2.45) is 5.92 Å². The summed E-state index contributed by atoms with van der Waals surface area (Å²) in [6, 6.07) is 6.29. The number of hydrogen-bond donors (Lipinski definition) is 2. The summed E-state index contributed by atoms with van der Waals surface area (Å²) in [6.45, 7) is 8.27. The van der Waals surface area contributed by atoms with E-state index in [2.05, 4.69) is 35.2 Å². The van der Waals surface area contributed by atoms with Gasteiger partial charge in [0.2, 0.25) is 5.91 Å². The Hall–Kier alpha value is -1.49. The van der Waals surface area contributed by atoms with Gasteiger partial charge in [-0.25, -0.2) is 4.98 Å². The minimum Gasteiger partial charge on any atom is -0.353 e. The molecule has 4 nitrogen and oxygen atoms in total. The third-order valence-corrected chi connectivity index (χ3v) is 4.22. The number of amides is 1. The fourth-order valence-corrected chi connectivity index (χ4v) is 2.46. The summed E-state index contributed by atoms with van der Waals surface area (Å²) in [6.07, 6.45) is 0. The number of imidazole rings is 1. The number of carbonyl (C=O) groups excluding carboxylic acids is 1. The Bertz CT molecular complexity index is 606. The van der Waals surface area contributed by atoms with Crippen LogP contribution in [0.1, 0.15) is 26.3 Å². The molecule has 0 fully saturated rings. The normalized spacial score (nSPS) is 12.8. The standard InChI is InChI=1S/C15H21N3OS/c1-9(2)11(4)16-14(19)8-20-15-17-12-6-5-10(3)7-13(12)18-15/h5-7,9,11H,8H2,1-4H3,(H,16,19)(H,17,18)/t11-/m1/s1. The maximum atomic E-state index is 11.8. The maximum Gasteiger partial charge on any atom is 0.230 e. The van der Waals surface area contributed by atoms with E-state index in [4.69, 9.17) is 0 Å². The van der Waals surface area contributed by atoms with Gasteiger partial charge in [-0.2, -0.15) is 0 Å². The lowest BCUT2D eigenvalue weighted by Crippen LogP contribution is -2.37. The highest BCUT2D eigenvalue weighted by Gasteiger charge is 2.12. The van der Waals surface area contributed by atoms with E-state index in [0.717, 1.165) is 16.2 Å². The number of thioether (sulfide) groups is 1. The minimum atomic E-state index is 0.0489. The van der Waals surface area contributed by atoms with Gasteiger partial charge < -0.3 is 10.3 Å². The highest BCUT2D eigenvalue weighted by molar-refractivity contribution is 7.99. The molecule has 2 N–H and O–H groups in total. The minimum absolute atomic E-state index is 0.0489. The van der Waals surface area contributed by atoms with E-state index in [-0.39, 0.29) is 11.9 Å². The number of aryl methyl sites for hydroxylation is 1. The van der Waals surface area contributed by atoms with Crippen LogP contribution in [-0.4, -0.2) is 27.7 Å². The van der Waals surface area contributed by atoms with Crippen molar-refractivity contribution in [2.45, 2.75) is 38.9 Å². The number of nitrogens with one attached hydrogen (secondary N) is 2. The Morgan fingerprint density at radius 3 is 2.85 bits per heavy atom. The molecule has 0 spiro atoms. The van der Waals surface area contributed by atoms with Crippen molar-refractivity contribution in [3.05, 3.63) is 23.8 Å². The van der Waals surface area contributed by atoms with Crippen LogP contribution in [-0.2, 0) is 4.79 Å². The Kier molecular flexibility index (Phi) is 4.70. The van der Waals surface area contributed by atoms with Gasteiger partial charge in [-0.3, -0.25) is 4.79 Å². The molecule has 1 atom stereocenters. The summed E-state index contributed by atoms with van der Waals surface area (Å²) < 4.78 is 0. The van der Waals surface area contributed by atoms with E-state index in [9.17, 15) is 4.79 Å². The zero-order valence-corrected chi connectivity index (χ0v) is 13.2. The fraction of sp³-hybridized carbons (Fsp3) is 0.467. The molecular weight excluding hydrogens is 270 g/mol. The van der Waals surface area contributed by atoms with E-state index >= 15 is 0 Å². The second-order valence-corrected chi connectivity index (χ2v) is 6.42. The van der Waals surface area contributed by atoms with Gasteiger partial charge >= 0.3 is 0 Å². The number of rotatable bonds is 5. The highest BCUT2D eigenvalue weighted by Crippen LogP contribution is 2.20. The van der Waals surface area contributed by atoms with Crippen LogP contribution in [0.15, 0.2) is 23.4 Å². The van der Waals surface area contributed by atoms with E-state index in [1.165, 1.54) is 17.3 Å². The van der Waals surface area contributed by atoms with Crippen LogP contribution in [0.25, 0.3) is 11.0 Å². The molecule has 1 amide bonds. The zero-order valence-electron chi connectivity index (χ0n) is 12.4. The molecule has 108 valence electrons. The largest absolute Gasteiger partial charge is 0.353 e. The first-order chi connectivity index (χ1) is 9.45. The maximum absolute atomic E-state index is 11.8. The summed E-state index contributed by atoms with van der Waals surface area (Å²) in [5.74, 6) is 0.876. The quantitative estimate of drug-likeness (QED) is 0.832. The van der Waals surface area contributed by atoms with Crippen LogP contribution >= 0.6 is 11.8 Å². The molecule has 2 aromatic rings. The molecular formula is C15H21N3OS. The van der Waals surface area contributed by atoms with Gasteiger partial charge in [-0.1, -0.05) is 31.7 Å². The van der Waals surface area contributed by atoms with Crippen LogP contribution in [0, 0.1) is 12.8 Å². The molecule has 0 aliphatic heterocycles. The Balaban J connectivity index is 1.94. The molecule has 0 saturated heterocycles. The molecule has 0 saturated carbocycles. The third-order valence-electron chi connectivity index (χ3n) is 3.34. The van der Waals surface area contributed by atoms with Gasteiger partial charge in [0.25, 0.3) is 0 Å². The fourth-order valence-electron chi connectivity index (χ4n) is 1.76. The van der Waals surface area contributed by atoms with Crippen molar-refractivity contribution < 1.29 is 4.79 Å². The van der Waals surface area contributed by atoms with Crippen molar-refractivity contribution in [3.8, 4) is 0 Å². The van der Waals surface area contributed by atoms with E-state index < -0.39 is 0 Å². The molecule has 0 unspecified atom stereocenters. The van der Waals surface area contributed by atoms with E-state index in [1.54, 1.807) is 0 Å². The summed E-state index contributed by atoms with van der Waals surface area (Å²) in [5, 5.41) is 3.78. The van der Waals surface area contributed by atoms with Crippen molar-refractivity contribution in [3.63, 3.8) is 0 Å². The van der Waals surface area contributed by atoms with Crippen LogP contribution in [0.3, 0.4) is 0 Å². The van der Waals surface area contributed by atoms with Gasteiger partial charge in [0.05, 0.1) is 16.8 Å². The topological polar surface area (TPSA) is 57.8 Å². The lowest BCUT2D eigenvalue weighted by molar-refractivity contribution is -0.119. The number of H-pyrrole nitrogens is 1. The van der Waals surface area contributed by atoms with Crippen molar-refractivity contribution in [1.29, 1.82) is 0 Å². The lowest BCUT2D eigenvalue weighted by atomic mass is 10.1. The predicted molar refractivity (Wildman–Crippen MR) is 84.0 cm³/mol. The van der Waals surface area contributed by atoms with Crippen LogP contribution in [0.2, 0.25) is 0 Å². The number of hydrogen-bond acceptors (Lipinski definition) is 3. The SMILES string of the molecule is Cc1ccc2nc(SCC(=O)N[C@H](C)C(C)C)[nH]c2c1. The summed E-state index contributed by atoms with van der Waals surface area (Å²) in [5.41, 5.74) is 3.15. The van der Waals surface area contributed by atoms with Crippen molar-refractivity contribution >= 4 is 28.7 Å². The Labute approximate surface area is 123 Å². The van der Waals surface area contributed by atoms with Gasteiger partial charge in [0, 0.05) is 6.04 Å². The second-order valence-electron chi connectivity index (χ2n) is 5.45. The Morgan fingerprint density at radius 2 is 2.15 bits per heavy atom. The molecule has 1 aromatic carbocycles. The number of carbonyl (C=O) groups is 1. The number of fused-ring (bicyclic) bond motifs is 1. The average molecular weight is 291 g/mol. The molecule has 1 aromatic heterocycles. The molecule has 20 heavy (non-hydrogen) atoms. The third kappa shape index (κ3) is 3.76. The zero-order chi connectivity index (χ0) is 14.7. The monoisotopic (exact) mass is 291 g/mol. The van der Waals surface area contributed by atoms with E-state index in [1.807, 2.05) is 26.0 Å². The molecule has 0 bridgehead atoms. The van der Waals surface area contributed by atoms with Gasteiger partial charge in [0.1, 0.15) is 0 Å². The number of benzene rings is 1. The van der Waals surface area contributed by atoms with Crippen molar-refractivity contribution in [1.82, 2.24) is 15.3 Å². The highest BCUT2D eigenvalue weighted by atomic mass is 32.2. The summed E-state index contributed by atoms with van der Waals surface area (Å²) in [4.78, 5) is 19.5. The summed E-state index contributed by atoms with van der Waals surface area (Å²) in [7, 11) is 0. The first-order valence-electron chi connectivity index (χ1n) is 6.84. The lowest BCUT2D eigenvalue weighted by Gasteiger charge is -2.16.